The standard InChI is InChI=1S/C23H30N4O/c1-16-9-8-12-26(14-16)15-17-13-19-20(23(2,3)4)25-27(21(19)24-22(17)28)18-10-6-5-7-11-18/h5-7,10-11,13,16H,8-9,12,14-15H2,1-4H3,(H,24,28). The molecule has 1 N–H and O–H groups in total. The molecule has 5 nitrogen and oxygen atoms in total. The number of para-hydroxylation sites is 1. The lowest BCUT2D eigenvalue weighted by molar-refractivity contribution is 0.176. The zero-order valence-corrected chi connectivity index (χ0v) is 17.3. The lowest BCUT2D eigenvalue weighted by Gasteiger charge is -2.30. The fourth-order valence-electron chi connectivity index (χ4n) is 4.21. The van der Waals surface area contributed by atoms with E-state index in [2.05, 4.69) is 43.6 Å². The second kappa shape index (κ2) is 7.21. The SMILES string of the molecule is CC1CCCN(Cc2cc3c(C(C)(C)C)nn(-c4ccccc4)c3[nH]c2=O)C1. The summed E-state index contributed by atoms with van der Waals surface area (Å²) < 4.78 is 1.87. The van der Waals surface area contributed by atoms with Crippen molar-refractivity contribution in [2.75, 3.05) is 13.1 Å². The maximum atomic E-state index is 12.9. The number of likely N-dealkylation sites (tertiary alicyclic amines) is 1. The number of hydrogen-bond donors (Lipinski definition) is 1. The van der Waals surface area contributed by atoms with E-state index < -0.39 is 0 Å². The Morgan fingerprint density at radius 2 is 1.96 bits per heavy atom. The Hall–Kier alpha value is -2.40. The molecule has 0 amide bonds. The van der Waals surface area contributed by atoms with Crippen LogP contribution in [0.4, 0.5) is 0 Å². The highest BCUT2D eigenvalue weighted by Gasteiger charge is 2.25. The van der Waals surface area contributed by atoms with Gasteiger partial charge in [-0.15, -0.1) is 0 Å². The molecule has 1 fully saturated rings. The van der Waals surface area contributed by atoms with Gasteiger partial charge in [-0.3, -0.25) is 9.69 Å². The first-order valence-electron chi connectivity index (χ1n) is 10.3. The van der Waals surface area contributed by atoms with Gasteiger partial charge in [0.1, 0.15) is 5.65 Å². The molecular formula is C23H30N4O. The molecule has 1 aliphatic heterocycles. The Morgan fingerprint density at radius 1 is 1.21 bits per heavy atom. The Balaban J connectivity index is 1.82. The largest absolute Gasteiger partial charge is 0.306 e. The first-order chi connectivity index (χ1) is 13.3. The fraction of sp³-hybridized carbons (Fsp3) is 0.478. The second-order valence-electron chi connectivity index (χ2n) is 9.21. The van der Waals surface area contributed by atoms with Gasteiger partial charge in [-0.2, -0.15) is 5.10 Å². The van der Waals surface area contributed by atoms with Crippen LogP contribution in [0.5, 0.6) is 0 Å². The molecule has 1 saturated heterocycles. The van der Waals surface area contributed by atoms with Crippen molar-refractivity contribution in [3.63, 3.8) is 0 Å². The Bertz CT molecular complexity index is 1030. The molecule has 0 aliphatic carbocycles. The van der Waals surface area contributed by atoms with Crippen LogP contribution >= 0.6 is 0 Å². The van der Waals surface area contributed by atoms with Crippen LogP contribution in [0, 0.1) is 5.92 Å². The maximum Gasteiger partial charge on any atom is 0.254 e. The van der Waals surface area contributed by atoms with Gasteiger partial charge in [-0.25, -0.2) is 4.68 Å². The number of piperidine rings is 1. The molecule has 28 heavy (non-hydrogen) atoms. The van der Waals surface area contributed by atoms with Gasteiger partial charge < -0.3 is 4.98 Å². The topological polar surface area (TPSA) is 53.9 Å². The predicted octanol–water partition coefficient (Wildman–Crippen LogP) is 4.24. The molecule has 1 atom stereocenters. The summed E-state index contributed by atoms with van der Waals surface area (Å²) in [7, 11) is 0. The van der Waals surface area contributed by atoms with Crippen molar-refractivity contribution < 1.29 is 0 Å². The van der Waals surface area contributed by atoms with E-state index in [1.807, 2.05) is 35.0 Å². The minimum Gasteiger partial charge on any atom is -0.306 e. The van der Waals surface area contributed by atoms with Crippen molar-refractivity contribution in [3.05, 3.63) is 58.0 Å². The highest BCUT2D eigenvalue weighted by atomic mass is 16.1. The van der Waals surface area contributed by atoms with E-state index in [1.165, 1.54) is 12.8 Å². The van der Waals surface area contributed by atoms with Gasteiger partial charge in [0.05, 0.1) is 11.4 Å². The molecule has 0 spiro atoms. The van der Waals surface area contributed by atoms with Crippen LogP contribution in [0.25, 0.3) is 16.7 Å². The Morgan fingerprint density at radius 3 is 2.64 bits per heavy atom. The minimum absolute atomic E-state index is 0.0109. The molecule has 3 heterocycles. The molecule has 0 saturated carbocycles. The van der Waals surface area contributed by atoms with E-state index in [4.69, 9.17) is 5.10 Å². The number of fused-ring (bicyclic) bond motifs is 1. The van der Waals surface area contributed by atoms with Crippen LogP contribution < -0.4 is 5.56 Å². The molecule has 5 heteroatoms. The van der Waals surface area contributed by atoms with Gasteiger partial charge in [0.25, 0.3) is 5.56 Å². The van der Waals surface area contributed by atoms with Crippen LogP contribution in [-0.2, 0) is 12.0 Å². The summed E-state index contributed by atoms with van der Waals surface area (Å²) >= 11 is 0. The lowest BCUT2D eigenvalue weighted by Crippen LogP contribution is -2.35. The summed E-state index contributed by atoms with van der Waals surface area (Å²) in [4.78, 5) is 18.5. The number of benzene rings is 1. The van der Waals surface area contributed by atoms with E-state index in [9.17, 15) is 4.79 Å². The van der Waals surface area contributed by atoms with Crippen molar-refractivity contribution in [2.24, 2.45) is 5.92 Å². The normalized spacial score (nSPS) is 18.6. The average Bonchev–Trinajstić information content (AvgIpc) is 3.01. The summed E-state index contributed by atoms with van der Waals surface area (Å²) in [6.45, 7) is 11.6. The van der Waals surface area contributed by atoms with Crippen molar-refractivity contribution in [1.29, 1.82) is 0 Å². The van der Waals surface area contributed by atoms with Crippen molar-refractivity contribution in [3.8, 4) is 5.69 Å². The van der Waals surface area contributed by atoms with Gasteiger partial charge in [-0.05, 0) is 43.5 Å². The second-order valence-corrected chi connectivity index (χ2v) is 9.21. The van der Waals surface area contributed by atoms with Gasteiger partial charge in [0.15, 0.2) is 0 Å². The number of nitrogens with one attached hydrogen (secondary N) is 1. The molecule has 0 radical (unpaired) electrons. The first kappa shape index (κ1) is 18.9. The summed E-state index contributed by atoms with van der Waals surface area (Å²) in [6, 6.07) is 12.1. The molecule has 0 bridgehead atoms. The highest BCUT2D eigenvalue weighted by molar-refractivity contribution is 5.81. The third-order valence-electron chi connectivity index (χ3n) is 5.61. The quantitative estimate of drug-likeness (QED) is 0.741. The van der Waals surface area contributed by atoms with E-state index in [1.54, 1.807) is 0 Å². The maximum absolute atomic E-state index is 12.9. The van der Waals surface area contributed by atoms with Gasteiger partial charge in [0.2, 0.25) is 0 Å². The summed E-state index contributed by atoms with van der Waals surface area (Å²) in [6.07, 6.45) is 2.49. The highest BCUT2D eigenvalue weighted by Crippen LogP contribution is 2.30. The first-order valence-corrected chi connectivity index (χ1v) is 10.3. The van der Waals surface area contributed by atoms with Gasteiger partial charge in [0, 0.05) is 29.5 Å². The van der Waals surface area contributed by atoms with Crippen LogP contribution in [-0.4, -0.2) is 32.8 Å². The molecule has 1 aromatic carbocycles. The molecule has 3 aromatic rings. The number of nitrogens with zero attached hydrogens (tertiary/aromatic N) is 3. The monoisotopic (exact) mass is 378 g/mol. The third-order valence-corrected chi connectivity index (χ3v) is 5.61. The van der Waals surface area contributed by atoms with Crippen molar-refractivity contribution >= 4 is 11.0 Å². The van der Waals surface area contributed by atoms with Crippen molar-refractivity contribution in [1.82, 2.24) is 19.7 Å². The van der Waals surface area contributed by atoms with Crippen LogP contribution in [0.2, 0.25) is 0 Å². The minimum atomic E-state index is -0.118. The zero-order valence-electron chi connectivity index (χ0n) is 17.3. The number of pyridine rings is 1. The van der Waals surface area contributed by atoms with E-state index in [0.29, 0.717) is 12.5 Å². The Labute approximate surface area is 166 Å². The average molecular weight is 379 g/mol. The van der Waals surface area contributed by atoms with E-state index in [0.717, 1.165) is 41.1 Å². The van der Waals surface area contributed by atoms with E-state index >= 15 is 0 Å². The molecule has 1 unspecified atom stereocenters. The zero-order chi connectivity index (χ0) is 19.9. The Kier molecular flexibility index (Phi) is 4.88. The van der Waals surface area contributed by atoms with Gasteiger partial charge in [-0.1, -0.05) is 45.9 Å². The number of hydrogen-bond acceptors (Lipinski definition) is 3. The van der Waals surface area contributed by atoms with E-state index in [-0.39, 0.29) is 11.0 Å². The smallest absolute Gasteiger partial charge is 0.254 e. The van der Waals surface area contributed by atoms with Gasteiger partial charge >= 0.3 is 0 Å². The summed E-state index contributed by atoms with van der Waals surface area (Å²) in [5, 5.41) is 5.94. The predicted molar refractivity (Wildman–Crippen MR) is 114 cm³/mol. The summed E-state index contributed by atoms with van der Waals surface area (Å²) in [5.41, 5.74) is 3.44. The molecular weight excluding hydrogens is 348 g/mol. The number of aromatic nitrogens is 3. The molecule has 148 valence electrons. The number of aromatic amines is 1. The molecule has 4 rings (SSSR count). The van der Waals surface area contributed by atoms with Crippen LogP contribution in [0.1, 0.15) is 51.8 Å². The number of rotatable bonds is 3. The third kappa shape index (κ3) is 3.63. The summed E-state index contributed by atoms with van der Waals surface area (Å²) in [5.74, 6) is 0.697. The lowest BCUT2D eigenvalue weighted by atomic mass is 9.90. The number of H-pyrrole nitrogens is 1. The van der Waals surface area contributed by atoms with Crippen LogP contribution in [0.15, 0.2) is 41.2 Å². The van der Waals surface area contributed by atoms with Crippen LogP contribution in [0.3, 0.4) is 0 Å². The molecule has 1 aliphatic rings. The molecule has 2 aromatic heterocycles. The fourth-order valence-corrected chi connectivity index (χ4v) is 4.21. The van der Waals surface area contributed by atoms with Crippen molar-refractivity contribution in [2.45, 2.75) is 52.5 Å².